The van der Waals surface area contributed by atoms with Crippen molar-refractivity contribution in [3.8, 4) is 12.3 Å². The second-order valence-electron chi connectivity index (χ2n) is 3.64. The van der Waals surface area contributed by atoms with Crippen LogP contribution < -0.4 is 21.5 Å². The molecule has 0 amide bonds. The molecule has 0 bridgehead atoms. The molecule has 2 rings (SSSR count). The number of rotatable bonds is 5. The summed E-state index contributed by atoms with van der Waals surface area (Å²) in [6, 6.07) is 5.48. The lowest BCUT2D eigenvalue weighted by Gasteiger charge is -2.13. The third-order valence-corrected chi connectivity index (χ3v) is 2.45. The number of aromatic nitrogens is 1. The average Bonchev–Trinajstić information content (AvgIpc) is 2.42. The Hall–Kier alpha value is -2.61. The first-order valence-electron chi connectivity index (χ1n) is 5.38. The lowest BCUT2D eigenvalue weighted by atomic mass is 10.2. The number of nitrogens with one attached hydrogen (secondary N) is 2. The van der Waals surface area contributed by atoms with E-state index in [0.717, 1.165) is 5.69 Å². The number of nitrogens with zero attached hydrogens (tertiary/aromatic N) is 1. The summed E-state index contributed by atoms with van der Waals surface area (Å²) in [6.07, 6.45) is 6.75. The van der Waals surface area contributed by atoms with E-state index in [4.69, 9.17) is 6.42 Å². The molecule has 1 heterocycles. The Kier molecular flexibility index (Phi) is 3.39. The monoisotopic (exact) mass is 241 g/mol. The average molecular weight is 241 g/mol. The van der Waals surface area contributed by atoms with Crippen molar-refractivity contribution in [2.75, 3.05) is 17.2 Å². The Morgan fingerprint density at radius 3 is 2.50 bits per heavy atom. The molecule has 0 spiro atoms. The lowest BCUT2D eigenvalue weighted by Crippen LogP contribution is -2.37. The molecule has 0 fully saturated rings. The van der Waals surface area contributed by atoms with Gasteiger partial charge in [0.25, 0.3) is 10.9 Å². The minimum Gasteiger partial charge on any atom is -0.374 e. The van der Waals surface area contributed by atoms with Crippen LogP contribution in [0.1, 0.15) is 5.69 Å². The number of pyridine rings is 1. The summed E-state index contributed by atoms with van der Waals surface area (Å²) in [4.78, 5) is 26.8. The summed E-state index contributed by atoms with van der Waals surface area (Å²) >= 11 is 0. The van der Waals surface area contributed by atoms with E-state index in [2.05, 4.69) is 21.5 Å². The number of anilines is 2. The highest BCUT2D eigenvalue weighted by atomic mass is 16.2. The topological polar surface area (TPSA) is 71.1 Å². The molecule has 1 aromatic carbocycles. The van der Waals surface area contributed by atoms with Crippen LogP contribution in [0.5, 0.6) is 0 Å². The second kappa shape index (κ2) is 5.15. The summed E-state index contributed by atoms with van der Waals surface area (Å²) in [6.45, 7) is 0.597. The van der Waals surface area contributed by atoms with Gasteiger partial charge in [0.2, 0.25) is 0 Å². The van der Waals surface area contributed by atoms with Crippen molar-refractivity contribution in [1.82, 2.24) is 4.98 Å². The van der Waals surface area contributed by atoms with Crippen LogP contribution in [0.15, 0.2) is 34.0 Å². The van der Waals surface area contributed by atoms with Crippen molar-refractivity contribution >= 4 is 11.4 Å². The van der Waals surface area contributed by atoms with Crippen molar-refractivity contribution in [2.45, 2.75) is 6.54 Å². The molecule has 2 N–H and O–H groups in total. The van der Waals surface area contributed by atoms with Crippen LogP contribution in [0.2, 0.25) is 0 Å². The molecule has 0 radical (unpaired) electrons. The lowest BCUT2D eigenvalue weighted by molar-refractivity contribution is 1.04. The fourth-order valence-electron chi connectivity index (χ4n) is 1.55. The molecule has 90 valence electrons. The Bertz CT molecular complexity index is 649. The van der Waals surface area contributed by atoms with Crippen LogP contribution in [-0.4, -0.2) is 11.5 Å². The first-order chi connectivity index (χ1) is 8.74. The Balaban J connectivity index is 2.07. The van der Waals surface area contributed by atoms with E-state index in [1.54, 1.807) is 12.3 Å². The first kappa shape index (κ1) is 11.9. The van der Waals surface area contributed by atoms with E-state index in [-0.39, 0.29) is 17.9 Å². The molecule has 18 heavy (non-hydrogen) atoms. The zero-order valence-electron chi connectivity index (χ0n) is 9.56. The van der Waals surface area contributed by atoms with Crippen molar-refractivity contribution in [1.29, 1.82) is 0 Å². The normalized spacial score (nSPS) is 9.94. The van der Waals surface area contributed by atoms with Gasteiger partial charge in [-0.3, -0.25) is 14.6 Å². The molecule has 0 saturated carbocycles. The van der Waals surface area contributed by atoms with E-state index in [0.29, 0.717) is 6.54 Å². The van der Waals surface area contributed by atoms with Gasteiger partial charge >= 0.3 is 0 Å². The molecular weight excluding hydrogens is 230 g/mol. The molecule has 5 heteroatoms. The number of hydrogen-bond acceptors (Lipinski definition) is 5. The smallest absolute Gasteiger partial charge is 0.253 e. The highest BCUT2D eigenvalue weighted by Crippen LogP contribution is 2.14. The van der Waals surface area contributed by atoms with Crippen LogP contribution in [-0.2, 0) is 6.54 Å². The van der Waals surface area contributed by atoms with Gasteiger partial charge in [0, 0.05) is 6.20 Å². The van der Waals surface area contributed by atoms with Gasteiger partial charge in [0.05, 0.1) is 18.8 Å². The molecular formula is C13H11N3O2. The van der Waals surface area contributed by atoms with E-state index in [9.17, 15) is 9.59 Å². The molecule has 0 aliphatic rings. The Morgan fingerprint density at radius 1 is 1.17 bits per heavy atom. The summed E-state index contributed by atoms with van der Waals surface area (Å²) < 4.78 is 0. The maximum Gasteiger partial charge on any atom is 0.253 e. The van der Waals surface area contributed by atoms with Gasteiger partial charge in [-0.25, -0.2) is 0 Å². The molecule has 1 aromatic heterocycles. The SMILES string of the molecule is C#CCNc1c(NCc2ccccn2)c(=O)c1=O. The van der Waals surface area contributed by atoms with Crippen LogP contribution in [0.4, 0.5) is 11.4 Å². The van der Waals surface area contributed by atoms with Crippen molar-refractivity contribution in [3.63, 3.8) is 0 Å². The van der Waals surface area contributed by atoms with E-state index in [1.807, 2.05) is 12.1 Å². The van der Waals surface area contributed by atoms with Crippen LogP contribution in [0.25, 0.3) is 0 Å². The Labute approximate surface area is 104 Å². The molecule has 0 unspecified atom stereocenters. The molecule has 0 atom stereocenters. The van der Waals surface area contributed by atoms with Crippen LogP contribution in [0.3, 0.4) is 0 Å². The zero-order valence-corrected chi connectivity index (χ0v) is 9.56. The minimum absolute atomic E-state index is 0.211. The van der Waals surface area contributed by atoms with Gasteiger partial charge in [0.15, 0.2) is 0 Å². The van der Waals surface area contributed by atoms with Gasteiger partial charge in [-0.05, 0) is 12.1 Å². The molecule has 0 aliphatic heterocycles. The highest BCUT2D eigenvalue weighted by molar-refractivity contribution is 5.74. The third-order valence-electron chi connectivity index (χ3n) is 2.45. The van der Waals surface area contributed by atoms with Gasteiger partial charge in [-0.1, -0.05) is 12.0 Å². The van der Waals surface area contributed by atoms with E-state index < -0.39 is 10.9 Å². The Morgan fingerprint density at radius 2 is 1.89 bits per heavy atom. The molecule has 0 aliphatic carbocycles. The summed E-state index contributed by atoms with van der Waals surface area (Å²) in [5, 5.41) is 5.62. The second-order valence-corrected chi connectivity index (χ2v) is 3.64. The standard InChI is InChI=1S/C13H11N3O2/c1-2-6-15-10-11(13(18)12(10)17)16-8-9-5-3-4-7-14-9/h1,3-5,7,15-16H,6,8H2. The quantitative estimate of drug-likeness (QED) is 0.583. The predicted octanol–water partition coefficient (Wildman–Crippen LogP) is 0.335. The van der Waals surface area contributed by atoms with Gasteiger partial charge in [-0.2, -0.15) is 0 Å². The van der Waals surface area contributed by atoms with Crippen molar-refractivity contribution < 1.29 is 0 Å². The fraction of sp³-hybridized carbons (Fsp3) is 0.154. The molecule has 2 aromatic rings. The number of hydrogen-bond donors (Lipinski definition) is 2. The van der Waals surface area contributed by atoms with Crippen molar-refractivity contribution in [2.24, 2.45) is 0 Å². The van der Waals surface area contributed by atoms with Gasteiger partial charge in [-0.15, -0.1) is 6.42 Å². The highest BCUT2D eigenvalue weighted by Gasteiger charge is 2.19. The molecule has 0 saturated heterocycles. The van der Waals surface area contributed by atoms with Gasteiger partial charge in [0.1, 0.15) is 11.4 Å². The maximum absolute atomic E-state index is 11.4. The van der Waals surface area contributed by atoms with Crippen LogP contribution >= 0.6 is 0 Å². The van der Waals surface area contributed by atoms with Gasteiger partial charge < -0.3 is 10.6 Å². The first-order valence-corrected chi connectivity index (χ1v) is 5.38. The van der Waals surface area contributed by atoms with E-state index in [1.165, 1.54) is 0 Å². The zero-order chi connectivity index (χ0) is 13.0. The molecule has 5 nitrogen and oxygen atoms in total. The maximum atomic E-state index is 11.4. The number of terminal acetylenes is 1. The third kappa shape index (κ3) is 2.23. The van der Waals surface area contributed by atoms with Crippen LogP contribution in [0, 0.1) is 12.3 Å². The fourth-order valence-corrected chi connectivity index (χ4v) is 1.55. The minimum atomic E-state index is -0.534. The summed E-state index contributed by atoms with van der Waals surface area (Å²) in [5.41, 5.74) is 0.266. The van der Waals surface area contributed by atoms with E-state index >= 15 is 0 Å². The largest absolute Gasteiger partial charge is 0.374 e. The summed E-state index contributed by atoms with van der Waals surface area (Å²) in [5.74, 6) is 2.35. The predicted molar refractivity (Wildman–Crippen MR) is 70.2 cm³/mol. The van der Waals surface area contributed by atoms with Crippen molar-refractivity contribution in [3.05, 3.63) is 50.5 Å². The summed E-state index contributed by atoms with van der Waals surface area (Å²) in [7, 11) is 0.